The Labute approximate surface area is 118 Å². The maximum atomic E-state index is 13.0. The van der Waals surface area contributed by atoms with E-state index in [0.29, 0.717) is 0 Å². The number of aliphatic hydroxyl groups is 1. The molecule has 9 heteroatoms. The predicted octanol–water partition coefficient (Wildman–Crippen LogP) is 1.44. The van der Waals surface area contributed by atoms with Crippen molar-refractivity contribution in [2.45, 2.75) is 19.0 Å². The number of β-amino-alcohol motifs (C(OH)–C–C–N with tert-alkyl or cyclic N) is 1. The Morgan fingerprint density at radius 1 is 1.52 bits per heavy atom. The fraction of sp³-hybridized carbons (Fsp3) is 0.500. The van der Waals surface area contributed by atoms with Gasteiger partial charge in [0.05, 0.1) is 18.7 Å². The molecule has 1 fully saturated rings. The number of hydrogen-bond acceptors (Lipinski definition) is 4. The number of amides is 2. The van der Waals surface area contributed by atoms with Gasteiger partial charge in [0.1, 0.15) is 5.82 Å². The molecule has 2 heterocycles. The fourth-order valence-electron chi connectivity index (χ4n) is 2.11. The summed E-state index contributed by atoms with van der Waals surface area (Å²) in [5.41, 5.74) is -1.08. The summed E-state index contributed by atoms with van der Waals surface area (Å²) < 4.78 is 43.9. The number of aliphatic hydroxyl groups excluding tert-OH is 1. The van der Waals surface area contributed by atoms with Crippen LogP contribution < -0.4 is 4.90 Å². The summed E-state index contributed by atoms with van der Waals surface area (Å²) in [6.07, 6.45) is -4.84. The molecule has 2 amide bonds. The van der Waals surface area contributed by atoms with Crippen LogP contribution in [0, 0.1) is 0 Å². The van der Waals surface area contributed by atoms with Crippen molar-refractivity contribution in [3.63, 3.8) is 0 Å². The number of carbonyl (C=O) groups is 1. The predicted molar refractivity (Wildman–Crippen MR) is 66.5 cm³/mol. The molecule has 116 valence electrons. The van der Waals surface area contributed by atoms with Crippen molar-refractivity contribution in [2.75, 3.05) is 25.6 Å². The van der Waals surface area contributed by atoms with Crippen LogP contribution >= 0.6 is 0 Å². The highest BCUT2D eigenvalue weighted by molar-refractivity contribution is 5.93. The molecule has 0 aromatic carbocycles. The van der Waals surface area contributed by atoms with E-state index < -0.39 is 24.0 Å². The number of urea groups is 1. The Kier molecular flexibility index (Phi) is 4.06. The van der Waals surface area contributed by atoms with E-state index in [4.69, 9.17) is 4.74 Å². The number of likely N-dealkylation sites (N-methyl/N-ethyl adjacent to an activating group) is 1. The van der Waals surface area contributed by atoms with Crippen LogP contribution in [0.5, 0.6) is 0 Å². The molecule has 1 aromatic heterocycles. The Hall–Kier alpha value is -1.87. The summed E-state index contributed by atoms with van der Waals surface area (Å²) in [6, 6.07) is 0.136. The quantitative estimate of drug-likeness (QED) is 0.917. The zero-order chi connectivity index (χ0) is 15.8. The van der Waals surface area contributed by atoms with Gasteiger partial charge in [-0.15, -0.1) is 0 Å². The molecule has 1 atom stereocenters. The van der Waals surface area contributed by atoms with Gasteiger partial charge in [-0.2, -0.15) is 13.2 Å². The van der Waals surface area contributed by atoms with Gasteiger partial charge in [0.2, 0.25) is 0 Å². The fourth-order valence-corrected chi connectivity index (χ4v) is 2.11. The molecule has 0 spiro atoms. The molecule has 6 nitrogen and oxygen atoms in total. The SMILES string of the molecule is COCc1cnc(N2C(=O)N(C)CC2O)cc1C(F)(F)F. The van der Waals surface area contributed by atoms with Crippen molar-refractivity contribution in [1.82, 2.24) is 9.88 Å². The van der Waals surface area contributed by atoms with Gasteiger partial charge in [0.25, 0.3) is 0 Å². The van der Waals surface area contributed by atoms with E-state index in [1.54, 1.807) is 0 Å². The number of rotatable bonds is 3. The minimum Gasteiger partial charge on any atom is -0.380 e. The van der Waals surface area contributed by atoms with Gasteiger partial charge in [0, 0.05) is 25.9 Å². The number of anilines is 1. The second kappa shape index (κ2) is 5.49. The number of carbonyl (C=O) groups excluding carboxylic acids is 1. The van der Waals surface area contributed by atoms with Crippen molar-refractivity contribution < 1.29 is 27.8 Å². The molecule has 1 aromatic rings. The van der Waals surface area contributed by atoms with Crippen molar-refractivity contribution >= 4 is 11.8 Å². The van der Waals surface area contributed by atoms with Crippen molar-refractivity contribution in [3.8, 4) is 0 Å². The second-order valence-corrected chi connectivity index (χ2v) is 4.64. The minimum atomic E-state index is -4.61. The van der Waals surface area contributed by atoms with Gasteiger partial charge in [0.15, 0.2) is 6.23 Å². The first-order chi connectivity index (χ1) is 9.75. The molecule has 1 N–H and O–H groups in total. The van der Waals surface area contributed by atoms with Crippen LogP contribution in [0.15, 0.2) is 12.3 Å². The zero-order valence-corrected chi connectivity index (χ0v) is 11.4. The van der Waals surface area contributed by atoms with E-state index in [0.717, 1.165) is 17.2 Å². The Balaban J connectivity index is 2.45. The van der Waals surface area contributed by atoms with E-state index in [9.17, 15) is 23.1 Å². The molecule has 1 saturated heterocycles. The van der Waals surface area contributed by atoms with E-state index >= 15 is 0 Å². The molecule has 2 rings (SSSR count). The molecule has 21 heavy (non-hydrogen) atoms. The monoisotopic (exact) mass is 305 g/mol. The molecular weight excluding hydrogens is 291 g/mol. The van der Waals surface area contributed by atoms with Crippen LogP contribution in [0.1, 0.15) is 11.1 Å². The summed E-state index contributed by atoms with van der Waals surface area (Å²) in [5.74, 6) is -0.246. The lowest BCUT2D eigenvalue weighted by Crippen LogP contribution is -2.35. The van der Waals surface area contributed by atoms with E-state index in [1.165, 1.54) is 19.1 Å². The van der Waals surface area contributed by atoms with Gasteiger partial charge in [-0.05, 0) is 6.07 Å². The summed E-state index contributed by atoms with van der Waals surface area (Å²) in [4.78, 5) is 17.7. The third kappa shape index (κ3) is 2.93. The second-order valence-electron chi connectivity index (χ2n) is 4.64. The van der Waals surface area contributed by atoms with Gasteiger partial charge < -0.3 is 14.7 Å². The van der Waals surface area contributed by atoms with E-state index in [2.05, 4.69) is 4.98 Å². The van der Waals surface area contributed by atoms with Gasteiger partial charge in [-0.1, -0.05) is 0 Å². The Bertz CT molecular complexity index is 550. The van der Waals surface area contributed by atoms with Crippen LogP contribution in [0.4, 0.5) is 23.8 Å². The summed E-state index contributed by atoms with van der Waals surface area (Å²) in [6.45, 7) is -0.250. The average Bonchev–Trinajstić information content (AvgIpc) is 2.63. The molecule has 0 radical (unpaired) electrons. The van der Waals surface area contributed by atoms with Crippen molar-refractivity contribution in [2.24, 2.45) is 0 Å². The van der Waals surface area contributed by atoms with Crippen LogP contribution in [0.25, 0.3) is 0 Å². The molecular formula is C12H14F3N3O3. The van der Waals surface area contributed by atoms with E-state index in [-0.39, 0.29) is 24.5 Å². The molecule has 1 aliphatic rings. The summed E-state index contributed by atoms with van der Waals surface area (Å²) in [7, 11) is 2.71. The van der Waals surface area contributed by atoms with Gasteiger partial charge in [-0.25, -0.2) is 14.7 Å². The molecule has 0 saturated carbocycles. The number of alkyl halides is 3. The Morgan fingerprint density at radius 2 is 2.19 bits per heavy atom. The lowest BCUT2D eigenvalue weighted by molar-refractivity contribution is -0.138. The number of halogens is 3. The van der Waals surface area contributed by atoms with Crippen LogP contribution in [-0.4, -0.2) is 48.0 Å². The van der Waals surface area contributed by atoms with E-state index in [1.807, 2.05) is 0 Å². The van der Waals surface area contributed by atoms with Crippen LogP contribution in [-0.2, 0) is 17.5 Å². The number of methoxy groups -OCH3 is 1. The van der Waals surface area contributed by atoms with Crippen molar-refractivity contribution in [3.05, 3.63) is 23.4 Å². The van der Waals surface area contributed by atoms with Gasteiger partial charge in [-0.3, -0.25) is 0 Å². The first kappa shape index (κ1) is 15.5. The normalized spacial score (nSPS) is 19.5. The highest BCUT2D eigenvalue weighted by atomic mass is 19.4. The molecule has 0 aliphatic carbocycles. The number of hydrogen-bond donors (Lipinski definition) is 1. The van der Waals surface area contributed by atoms with Crippen LogP contribution in [0.2, 0.25) is 0 Å². The number of pyridine rings is 1. The highest BCUT2D eigenvalue weighted by Crippen LogP contribution is 2.35. The first-order valence-corrected chi connectivity index (χ1v) is 6.03. The molecule has 1 aliphatic heterocycles. The highest BCUT2D eigenvalue weighted by Gasteiger charge is 2.39. The lowest BCUT2D eigenvalue weighted by atomic mass is 10.1. The average molecular weight is 305 g/mol. The molecule has 1 unspecified atom stereocenters. The zero-order valence-electron chi connectivity index (χ0n) is 11.4. The number of nitrogens with zero attached hydrogens (tertiary/aromatic N) is 3. The summed E-state index contributed by atoms with van der Waals surface area (Å²) >= 11 is 0. The minimum absolute atomic E-state index is 0.00167. The molecule has 0 bridgehead atoms. The summed E-state index contributed by atoms with van der Waals surface area (Å²) in [5, 5.41) is 9.77. The van der Waals surface area contributed by atoms with Gasteiger partial charge >= 0.3 is 12.2 Å². The topological polar surface area (TPSA) is 65.9 Å². The van der Waals surface area contributed by atoms with Crippen molar-refractivity contribution in [1.29, 1.82) is 0 Å². The third-order valence-electron chi connectivity index (χ3n) is 3.09. The number of aromatic nitrogens is 1. The Morgan fingerprint density at radius 3 is 2.67 bits per heavy atom. The standard InChI is InChI=1S/C12H14F3N3O3/c1-17-5-10(19)18(11(17)20)9-3-8(12(13,14)15)7(4-16-9)6-21-2/h3-4,10,19H,5-6H2,1-2H3. The lowest BCUT2D eigenvalue weighted by Gasteiger charge is -2.20. The maximum Gasteiger partial charge on any atom is 0.416 e. The first-order valence-electron chi connectivity index (χ1n) is 6.03. The smallest absolute Gasteiger partial charge is 0.380 e. The number of ether oxygens (including phenoxy) is 1. The maximum absolute atomic E-state index is 13.0. The largest absolute Gasteiger partial charge is 0.416 e. The third-order valence-corrected chi connectivity index (χ3v) is 3.09. The van der Waals surface area contributed by atoms with Crippen LogP contribution in [0.3, 0.4) is 0 Å².